The molecule has 0 saturated carbocycles. The average molecular weight is 263 g/mol. The van der Waals surface area contributed by atoms with Crippen LogP contribution in [0.4, 0.5) is 0 Å². The van der Waals surface area contributed by atoms with E-state index < -0.39 is 11.2 Å². The Morgan fingerprint density at radius 3 is 2.57 bits per heavy atom. The molecule has 0 radical (unpaired) electrons. The average Bonchev–Trinajstić information content (AvgIpc) is 2.08. The fourth-order valence-corrected chi connectivity index (χ4v) is 1.32. The molecular formula is C6H5Cl2N2NaO2S. The van der Waals surface area contributed by atoms with E-state index in [1.54, 1.807) is 0 Å². The van der Waals surface area contributed by atoms with Gasteiger partial charge in [-0.1, -0.05) is 23.2 Å². The van der Waals surface area contributed by atoms with Gasteiger partial charge in [-0.3, -0.25) is 4.79 Å². The van der Waals surface area contributed by atoms with Crippen molar-refractivity contribution in [1.82, 2.24) is 10.2 Å². The van der Waals surface area contributed by atoms with Crippen molar-refractivity contribution in [2.75, 3.05) is 0 Å². The zero-order valence-corrected chi connectivity index (χ0v) is 8.51. The van der Waals surface area contributed by atoms with Gasteiger partial charge < -0.3 is 5.11 Å². The van der Waals surface area contributed by atoms with Crippen LogP contribution in [0.5, 0.6) is 0 Å². The molecule has 1 heterocycles. The minimum atomic E-state index is -1.12. The number of aliphatic carboxylic acids is 1. The number of halogens is 2. The maximum atomic E-state index is 10.5. The summed E-state index contributed by atoms with van der Waals surface area (Å²) >= 11 is 14.9. The Balaban J connectivity index is 0.00000169. The molecule has 1 atom stereocenters. The van der Waals surface area contributed by atoms with E-state index >= 15 is 0 Å². The van der Waals surface area contributed by atoms with Crippen LogP contribution in [-0.4, -0.2) is 50.8 Å². The number of nitrogens with zero attached hydrogens (tertiary/aromatic N) is 2. The predicted molar refractivity (Wildman–Crippen MR) is 58.6 cm³/mol. The summed E-state index contributed by atoms with van der Waals surface area (Å²) in [5.74, 6) is -1.12. The van der Waals surface area contributed by atoms with Crippen molar-refractivity contribution in [3.05, 3.63) is 21.9 Å². The Labute approximate surface area is 118 Å². The van der Waals surface area contributed by atoms with Crippen molar-refractivity contribution in [2.24, 2.45) is 0 Å². The summed E-state index contributed by atoms with van der Waals surface area (Å²) in [6, 6.07) is 1.32. The van der Waals surface area contributed by atoms with Gasteiger partial charge in [-0.15, -0.1) is 10.2 Å². The van der Waals surface area contributed by atoms with E-state index in [1.807, 2.05) is 0 Å². The molecule has 8 heteroatoms. The third-order valence-corrected chi connectivity index (χ3v) is 2.25. The first kappa shape index (κ1) is 14.5. The van der Waals surface area contributed by atoms with Gasteiger partial charge in [0.2, 0.25) is 0 Å². The molecule has 0 aromatic carbocycles. The molecule has 0 aliphatic heterocycles. The predicted octanol–water partition coefficient (Wildman–Crippen LogP) is 1.19. The number of hydrogen-bond acceptors (Lipinski definition) is 4. The summed E-state index contributed by atoms with van der Waals surface area (Å²) in [6.07, 6.45) is 0. The molecule has 0 fully saturated rings. The van der Waals surface area contributed by atoms with Crippen molar-refractivity contribution in [3.63, 3.8) is 0 Å². The van der Waals surface area contributed by atoms with Crippen molar-refractivity contribution in [3.8, 4) is 0 Å². The van der Waals surface area contributed by atoms with E-state index in [-0.39, 0.29) is 45.4 Å². The van der Waals surface area contributed by atoms with Gasteiger partial charge in [0.25, 0.3) is 0 Å². The van der Waals surface area contributed by atoms with Crippen molar-refractivity contribution in [1.29, 1.82) is 0 Å². The molecule has 0 spiro atoms. The van der Waals surface area contributed by atoms with Crippen LogP contribution in [0.2, 0.25) is 10.3 Å². The second-order valence-corrected chi connectivity index (χ2v) is 3.42. The number of aromatic nitrogens is 2. The fraction of sp³-hybridized carbons (Fsp3) is 0.167. The SMILES string of the molecule is O=C(O)C(S)c1cc(Cl)nnc1Cl.[NaH]. The molecule has 14 heavy (non-hydrogen) atoms. The van der Waals surface area contributed by atoms with Crippen LogP contribution in [0.3, 0.4) is 0 Å². The van der Waals surface area contributed by atoms with Crippen molar-refractivity contribution in [2.45, 2.75) is 5.25 Å². The standard InChI is InChI=1S/C6H4Cl2N2O2S.Na.H/c7-3-1-2(4(13)6(11)12)5(8)10-9-3;;/h1,4,13H,(H,11,12);;. The normalized spacial score (nSPS) is 11.6. The molecule has 4 nitrogen and oxygen atoms in total. The first-order chi connectivity index (χ1) is 6.02. The fourth-order valence-electron chi connectivity index (χ4n) is 0.691. The van der Waals surface area contributed by atoms with E-state index in [0.29, 0.717) is 0 Å². The second kappa shape index (κ2) is 6.15. The zero-order valence-electron chi connectivity index (χ0n) is 6.11. The Bertz CT molecular complexity index is 353. The summed E-state index contributed by atoms with van der Waals surface area (Å²) in [7, 11) is 0. The number of carbonyl (C=O) groups is 1. The van der Waals surface area contributed by atoms with Gasteiger partial charge in [-0.25, -0.2) is 0 Å². The van der Waals surface area contributed by atoms with E-state index in [0.717, 1.165) is 0 Å². The molecule has 0 saturated heterocycles. The van der Waals surface area contributed by atoms with Crippen LogP contribution in [-0.2, 0) is 4.79 Å². The number of rotatable bonds is 2. The molecule has 0 aliphatic carbocycles. The summed E-state index contributed by atoms with van der Waals surface area (Å²) in [5, 5.41) is 14.5. The molecule has 0 bridgehead atoms. The summed E-state index contributed by atoms with van der Waals surface area (Å²) in [5.41, 5.74) is 0.234. The Hall–Kier alpha value is 0.480. The Morgan fingerprint density at radius 1 is 1.50 bits per heavy atom. The van der Waals surface area contributed by atoms with Gasteiger partial charge in [0, 0.05) is 5.56 Å². The summed E-state index contributed by atoms with van der Waals surface area (Å²) in [4.78, 5) is 10.5. The molecule has 0 amide bonds. The first-order valence-electron chi connectivity index (χ1n) is 3.12. The quantitative estimate of drug-likeness (QED) is 0.621. The molecular weight excluding hydrogens is 258 g/mol. The second-order valence-electron chi connectivity index (χ2n) is 2.15. The number of carboxylic acids is 1. The number of thiol groups is 1. The van der Waals surface area contributed by atoms with Gasteiger partial charge in [0.05, 0.1) is 0 Å². The van der Waals surface area contributed by atoms with Gasteiger partial charge in [0.1, 0.15) is 5.25 Å². The summed E-state index contributed by atoms with van der Waals surface area (Å²) < 4.78 is 0. The third-order valence-electron chi connectivity index (χ3n) is 1.27. The molecule has 72 valence electrons. The van der Waals surface area contributed by atoms with E-state index in [4.69, 9.17) is 28.3 Å². The van der Waals surface area contributed by atoms with Crippen LogP contribution in [0.1, 0.15) is 10.8 Å². The Morgan fingerprint density at radius 2 is 2.07 bits per heavy atom. The van der Waals surface area contributed by atoms with Crippen molar-refractivity contribution < 1.29 is 9.90 Å². The molecule has 0 aliphatic rings. The van der Waals surface area contributed by atoms with Crippen LogP contribution < -0.4 is 0 Å². The number of hydrogen-bond donors (Lipinski definition) is 2. The van der Waals surface area contributed by atoms with E-state index in [1.165, 1.54) is 6.07 Å². The van der Waals surface area contributed by atoms with Crippen molar-refractivity contribution >= 4 is 71.4 Å². The van der Waals surface area contributed by atoms with E-state index in [2.05, 4.69) is 22.8 Å². The van der Waals surface area contributed by atoms with Gasteiger partial charge in [-0.2, -0.15) is 12.6 Å². The first-order valence-corrected chi connectivity index (χ1v) is 4.39. The molecule has 1 rings (SSSR count). The molecule has 1 aromatic rings. The van der Waals surface area contributed by atoms with Crippen LogP contribution in [0.15, 0.2) is 6.07 Å². The molecule has 1 aromatic heterocycles. The Kier molecular flexibility index (Phi) is 6.36. The van der Waals surface area contributed by atoms with Crippen LogP contribution >= 0.6 is 35.8 Å². The number of carboxylic acid groups (broad SMARTS) is 1. The van der Waals surface area contributed by atoms with Gasteiger partial charge in [0.15, 0.2) is 10.3 Å². The van der Waals surface area contributed by atoms with Crippen LogP contribution in [0, 0.1) is 0 Å². The molecule has 1 unspecified atom stereocenters. The van der Waals surface area contributed by atoms with E-state index in [9.17, 15) is 4.79 Å². The maximum absolute atomic E-state index is 10.5. The van der Waals surface area contributed by atoms with Gasteiger partial charge in [-0.05, 0) is 6.07 Å². The topological polar surface area (TPSA) is 63.1 Å². The zero-order chi connectivity index (χ0) is 10.0. The molecule has 1 N–H and O–H groups in total. The third kappa shape index (κ3) is 3.56. The minimum absolute atomic E-state index is 0. The summed E-state index contributed by atoms with van der Waals surface area (Å²) in [6.45, 7) is 0. The van der Waals surface area contributed by atoms with Gasteiger partial charge >= 0.3 is 35.5 Å². The van der Waals surface area contributed by atoms with Crippen LogP contribution in [0.25, 0.3) is 0 Å². The monoisotopic (exact) mass is 262 g/mol.